The van der Waals surface area contributed by atoms with Gasteiger partial charge in [0.1, 0.15) is 0 Å². The van der Waals surface area contributed by atoms with Crippen LogP contribution in [0.1, 0.15) is 15.9 Å². The Labute approximate surface area is 130 Å². The normalized spacial score (nSPS) is 10.5. The summed E-state index contributed by atoms with van der Waals surface area (Å²) in [5, 5.41) is 8.77. The molecular formula is C14H11ClN4OS. The molecule has 1 N–H and O–H groups in total. The number of thiophene rings is 1. The molecule has 0 aliphatic carbocycles. The third kappa shape index (κ3) is 3.48. The maximum Gasteiger partial charge on any atom is 0.257 e. The average molecular weight is 319 g/mol. The first-order valence-electron chi connectivity index (χ1n) is 6.18. The van der Waals surface area contributed by atoms with E-state index >= 15 is 0 Å². The van der Waals surface area contributed by atoms with Crippen LogP contribution in [0.4, 0.5) is 5.82 Å². The van der Waals surface area contributed by atoms with Crippen LogP contribution in [0.15, 0.2) is 48.2 Å². The molecule has 0 aromatic carbocycles. The quantitative estimate of drug-likeness (QED) is 0.803. The number of rotatable bonds is 4. The van der Waals surface area contributed by atoms with Gasteiger partial charge in [-0.25, -0.2) is 0 Å². The van der Waals surface area contributed by atoms with Crippen LogP contribution < -0.4 is 5.32 Å². The van der Waals surface area contributed by atoms with E-state index in [4.69, 9.17) is 11.6 Å². The standard InChI is InChI=1S/C14H11ClN4OS/c15-12-7-11(9-21-12)14(20)17-13-3-6-19(18-13)8-10-1-4-16-5-2-10/h1-7,9H,8H2,(H,17,18,20). The Balaban J connectivity index is 1.66. The van der Waals surface area contributed by atoms with Crippen molar-refractivity contribution in [2.75, 3.05) is 5.32 Å². The third-order valence-electron chi connectivity index (χ3n) is 2.81. The van der Waals surface area contributed by atoms with Gasteiger partial charge in [0.2, 0.25) is 0 Å². The minimum Gasteiger partial charge on any atom is -0.305 e. The number of nitrogens with one attached hydrogen (secondary N) is 1. The lowest BCUT2D eigenvalue weighted by Crippen LogP contribution is -2.12. The Hall–Kier alpha value is -2.18. The van der Waals surface area contributed by atoms with Crippen molar-refractivity contribution in [3.8, 4) is 0 Å². The first-order chi connectivity index (χ1) is 10.2. The van der Waals surface area contributed by atoms with E-state index in [2.05, 4.69) is 15.4 Å². The van der Waals surface area contributed by atoms with Gasteiger partial charge in [0.05, 0.1) is 16.4 Å². The molecule has 0 unspecified atom stereocenters. The van der Waals surface area contributed by atoms with Crippen molar-refractivity contribution in [1.82, 2.24) is 14.8 Å². The number of hydrogen-bond acceptors (Lipinski definition) is 4. The minimum absolute atomic E-state index is 0.215. The van der Waals surface area contributed by atoms with Gasteiger partial charge in [-0.05, 0) is 23.8 Å². The summed E-state index contributed by atoms with van der Waals surface area (Å²) in [6.07, 6.45) is 5.29. The molecule has 0 aliphatic rings. The summed E-state index contributed by atoms with van der Waals surface area (Å²) in [7, 11) is 0. The van der Waals surface area contributed by atoms with E-state index in [0.29, 0.717) is 22.3 Å². The molecule has 0 radical (unpaired) electrons. The Morgan fingerprint density at radius 2 is 2.14 bits per heavy atom. The van der Waals surface area contributed by atoms with E-state index in [9.17, 15) is 4.79 Å². The highest BCUT2D eigenvalue weighted by atomic mass is 35.5. The first-order valence-corrected chi connectivity index (χ1v) is 7.44. The highest BCUT2D eigenvalue weighted by Gasteiger charge is 2.10. The van der Waals surface area contributed by atoms with Gasteiger partial charge in [-0.1, -0.05) is 11.6 Å². The lowest BCUT2D eigenvalue weighted by molar-refractivity contribution is 0.102. The number of hydrogen-bond donors (Lipinski definition) is 1. The molecule has 0 bridgehead atoms. The van der Waals surface area contributed by atoms with Crippen molar-refractivity contribution in [2.45, 2.75) is 6.54 Å². The van der Waals surface area contributed by atoms with Crippen LogP contribution in [0.3, 0.4) is 0 Å². The van der Waals surface area contributed by atoms with E-state index in [-0.39, 0.29) is 5.91 Å². The molecule has 0 fully saturated rings. The molecule has 106 valence electrons. The molecule has 3 heterocycles. The zero-order chi connectivity index (χ0) is 14.7. The van der Waals surface area contributed by atoms with Gasteiger partial charge < -0.3 is 5.32 Å². The zero-order valence-electron chi connectivity index (χ0n) is 10.9. The molecule has 7 heteroatoms. The summed E-state index contributed by atoms with van der Waals surface area (Å²) in [4.78, 5) is 15.9. The van der Waals surface area contributed by atoms with Gasteiger partial charge in [-0.2, -0.15) is 5.10 Å². The van der Waals surface area contributed by atoms with Gasteiger partial charge in [0.25, 0.3) is 5.91 Å². The molecule has 3 aromatic heterocycles. The lowest BCUT2D eigenvalue weighted by atomic mass is 10.3. The Bertz CT molecular complexity index is 753. The molecule has 0 aliphatic heterocycles. The monoisotopic (exact) mass is 318 g/mol. The summed E-state index contributed by atoms with van der Waals surface area (Å²) in [6.45, 7) is 0.628. The molecule has 1 amide bonds. The summed E-state index contributed by atoms with van der Waals surface area (Å²) in [5.74, 6) is 0.295. The maximum absolute atomic E-state index is 12.0. The first kappa shape index (κ1) is 13.8. The van der Waals surface area contributed by atoms with Crippen LogP contribution in [0, 0.1) is 0 Å². The lowest BCUT2D eigenvalue weighted by Gasteiger charge is -2.01. The Morgan fingerprint density at radius 1 is 1.33 bits per heavy atom. The molecular weight excluding hydrogens is 308 g/mol. The van der Waals surface area contributed by atoms with Crippen LogP contribution in [0.25, 0.3) is 0 Å². The predicted octanol–water partition coefficient (Wildman–Crippen LogP) is 3.29. The number of carbonyl (C=O) groups is 1. The number of nitrogens with zero attached hydrogens (tertiary/aromatic N) is 3. The number of aromatic nitrogens is 3. The van der Waals surface area contributed by atoms with Crippen LogP contribution in [-0.4, -0.2) is 20.7 Å². The van der Waals surface area contributed by atoms with E-state index in [1.54, 1.807) is 34.6 Å². The van der Waals surface area contributed by atoms with Gasteiger partial charge in [0, 0.05) is 30.0 Å². The molecule has 21 heavy (non-hydrogen) atoms. The second kappa shape index (κ2) is 6.07. The fourth-order valence-electron chi connectivity index (χ4n) is 1.81. The van der Waals surface area contributed by atoms with Gasteiger partial charge in [-0.15, -0.1) is 11.3 Å². The fraction of sp³-hybridized carbons (Fsp3) is 0.0714. The van der Waals surface area contributed by atoms with Gasteiger partial charge in [0.15, 0.2) is 5.82 Å². The fourth-order valence-corrected chi connectivity index (χ4v) is 2.67. The molecule has 0 saturated carbocycles. The number of pyridine rings is 1. The van der Waals surface area contributed by atoms with Crippen LogP contribution in [0.5, 0.6) is 0 Å². The van der Waals surface area contributed by atoms with Crippen LogP contribution in [0.2, 0.25) is 4.34 Å². The summed E-state index contributed by atoms with van der Waals surface area (Å²) < 4.78 is 2.34. The van der Waals surface area contributed by atoms with E-state index in [0.717, 1.165) is 5.56 Å². The minimum atomic E-state index is -0.215. The van der Waals surface area contributed by atoms with Crippen molar-refractivity contribution >= 4 is 34.7 Å². The smallest absolute Gasteiger partial charge is 0.257 e. The van der Waals surface area contributed by atoms with Crippen molar-refractivity contribution < 1.29 is 4.79 Å². The van der Waals surface area contributed by atoms with Crippen molar-refractivity contribution in [2.24, 2.45) is 0 Å². The number of amides is 1. The molecule has 0 spiro atoms. The zero-order valence-corrected chi connectivity index (χ0v) is 12.4. The van der Waals surface area contributed by atoms with E-state index in [1.165, 1.54) is 11.3 Å². The SMILES string of the molecule is O=C(Nc1ccn(Cc2ccncc2)n1)c1csc(Cl)c1. The largest absolute Gasteiger partial charge is 0.305 e. The molecule has 3 rings (SSSR count). The van der Waals surface area contributed by atoms with Crippen LogP contribution in [-0.2, 0) is 6.54 Å². The van der Waals surface area contributed by atoms with Gasteiger partial charge in [-0.3, -0.25) is 14.5 Å². The number of carbonyl (C=O) groups excluding carboxylic acids is 1. The van der Waals surface area contributed by atoms with E-state index in [1.807, 2.05) is 18.3 Å². The third-order valence-corrected chi connectivity index (χ3v) is 3.90. The average Bonchev–Trinajstić information content (AvgIpc) is 3.09. The van der Waals surface area contributed by atoms with Crippen molar-refractivity contribution in [3.05, 3.63) is 63.7 Å². The Morgan fingerprint density at radius 3 is 2.86 bits per heavy atom. The summed E-state index contributed by atoms with van der Waals surface area (Å²) in [6, 6.07) is 7.24. The highest BCUT2D eigenvalue weighted by molar-refractivity contribution is 7.14. The van der Waals surface area contributed by atoms with Crippen molar-refractivity contribution in [3.63, 3.8) is 0 Å². The van der Waals surface area contributed by atoms with Crippen molar-refractivity contribution in [1.29, 1.82) is 0 Å². The predicted molar refractivity (Wildman–Crippen MR) is 82.8 cm³/mol. The second-order valence-electron chi connectivity index (χ2n) is 4.35. The number of halogens is 1. The van der Waals surface area contributed by atoms with E-state index < -0.39 is 0 Å². The maximum atomic E-state index is 12.0. The molecule has 0 atom stereocenters. The highest BCUT2D eigenvalue weighted by Crippen LogP contribution is 2.20. The number of anilines is 1. The summed E-state index contributed by atoms with van der Waals surface area (Å²) >= 11 is 7.14. The topological polar surface area (TPSA) is 59.8 Å². The van der Waals surface area contributed by atoms with Crippen LogP contribution >= 0.6 is 22.9 Å². The molecule has 5 nitrogen and oxygen atoms in total. The summed E-state index contributed by atoms with van der Waals surface area (Å²) in [5.41, 5.74) is 1.63. The van der Waals surface area contributed by atoms with Gasteiger partial charge >= 0.3 is 0 Å². The second-order valence-corrected chi connectivity index (χ2v) is 5.89. The Kier molecular flexibility index (Phi) is 3.98. The molecule has 0 saturated heterocycles. The molecule has 3 aromatic rings.